The molecule has 140 valence electrons. The predicted molar refractivity (Wildman–Crippen MR) is 106 cm³/mol. The lowest BCUT2D eigenvalue weighted by molar-refractivity contribution is 0.0952. The molecule has 1 N–H and O–H groups in total. The van der Waals surface area contributed by atoms with E-state index in [1.807, 2.05) is 42.5 Å². The highest BCUT2D eigenvalue weighted by Crippen LogP contribution is 2.12. The summed E-state index contributed by atoms with van der Waals surface area (Å²) in [7, 11) is 0. The summed E-state index contributed by atoms with van der Waals surface area (Å²) in [6.07, 6.45) is 4.81. The monoisotopic (exact) mass is 373 g/mol. The fraction of sp³-hybridized carbons (Fsp3) is 0.143. The summed E-state index contributed by atoms with van der Waals surface area (Å²) >= 11 is 0. The molecule has 0 bridgehead atoms. The van der Waals surface area contributed by atoms with Gasteiger partial charge in [0.2, 0.25) is 0 Å². The van der Waals surface area contributed by atoms with Gasteiger partial charge in [0.15, 0.2) is 5.65 Å². The van der Waals surface area contributed by atoms with Gasteiger partial charge in [-0.2, -0.15) is 0 Å². The summed E-state index contributed by atoms with van der Waals surface area (Å²) in [6.45, 7) is 1.13. The van der Waals surface area contributed by atoms with Crippen molar-refractivity contribution in [2.45, 2.75) is 13.1 Å². The normalized spacial score (nSPS) is 10.9. The number of amides is 1. The number of imidazole rings is 1. The van der Waals surface area contributed by atoms with Gasteiger partial charge in [-0.15, -0.1) is 0 Å². The Morgan fingerprint density at radius 2 is 1.71 bits per heavy atom. The van der Waals surface area contributed by atoms with Crippen LogP contribution in [-0.2, 0) is 13.1 Å². The number of nitrogens with zero attached hydrogens (tertiary/aromatic N) is 4. The van der Waals surface area contributed by atoms with Crippen LogP contribution in [0.5, 0.6) is 0 Å². The molecule has 0 spiro atoms. The average molecular weight is 373 g/mol. The van der Waals surface area contributed by atoms with Gasteiger partial charge in [0, 0.05) is 37.2 Å². The molecule has 0 saturated heterocycles. The Balaban J connectivity index is 1.56. The van der Waals surface area contributed by atoms with Crippen LogP contribution in [0.1, 0.15) is 15.9 Å². The van der Waals surface area contributed by atoms with Gasteiger partial charge in [-0.1, -0.05) is 30.3 Å². The molecular formula is C21H19N5O2. The third-order valence-corrected chi connectivity index (χ3v) is 4.52. The Morgan fingerprint density at radius 3 is 2.50 bits per heavy atom. The topological polar surface area (TPSA) is 81.8 Å². The Kier molecular flexibility index (Phi) is 4.97. The van der Waals surface area contributed by atoms with Crippen LogP contribution in [0, 0.1) is 0 Å². The Hall–Kier alpha value is -3.74. The van der Waals surface area contributed by atoms with Crippen LogP contribution in [0.15, 0.2) is 78.0 Å². The lowest BCUT2D eigenvalue weighted by Crippen LogP contribution is -2.32. The van der Waals surface area contributed by atoms with Gasteiger partial charge >= 0.3 is 5.69 Å². The second kappa shape index (κ2) is 7.87. The summed E-state index contributed by atoms with van der Waals surface area (Å²) in [5, 5.41) is 2.83. The summed E-state index contributed by atoms with van der Waals surface area (Å²) < 4.78 is 3.31. The largest absolute Gasteiger partial charge is 0.350 e. The zero-order valence-electron chi connectivity index (χ0n) is 15.2. The lowest BCUT2D eigenvalue weighted by atomic mass is 10.2. The van der Waals surface area contributed by atoms with Crippen LogP contribution in [-0.4, -0.2) is 31.6 Å². The van der Waals surface area contributed by atoms with Gasteiger partial charge in [0.1, 0.15) is 0 Å². The summed E-state index contributed by atoms with van der Waals surface area (Å²) in [4.78, 5) is 33.5. The molecule has 4 aromatic rings. The third-order valence-electron chi connectivity index (χ3n) is 4.52. The number of fused-ring (bicyclic) bond motifs is 1. The van der Waals surface area contributed by atoms with E-state index in [9.17, 15) is 9.59 Å². The molecule has 7 heteroatoms. The van der Waals surface area contributed by atoms with Gasteiger partial charge in [0.05, 0.1) is 12.1 Å². The van der Waals surface area contributed by atoms with E-state index < -0.39 is 0 Å². The van der Waals surface area contributed by atoms with Crippen molar-refractivity contribution in [1.29, 1.82) is 0 Å². The van der Waals surface area contributed by atoms with Gasteiger partial charge < -0.3 is 5.32 Å². The summed E-state index contributed by atoms with van der Waals surface area (Å²) in [6, 6.07) is 16.8. The van der Waals surface area contributed by atoms with Gasteiger partial charge in [-0.25, -0.2) is 9.78 Å². The number of rotatable bonds is 6. The van der Waals surface area contributed by atoms with Crippen LogP contribution in [0.3, 0.4) is 0 Å². The Labute approximate surface area is 161 Å². The molecule has 1 aromatic carbocycles. The van der Waals surface area contributed by atoms with E-state index in [4.69, 9.17) is 0 Å². The zero-order chi connectivity index (χ0) is 19.3. The maximum absolute atomic E-state index is 13.0. The predicted octanol–water partition coefficient (Wildman–Crippen LogP) is 2.07. The highest BCUT2D eigenvalue weighted by Gasteiger charge is 2.14. The molecular weight excluding hydrogens is 354 g/mol. The van der Waals surface area contributed by atoms with E-state index in [-0.39, 0.29) is 11.6 Å². The van der Waals surface area contributed by atoms with E-state index in [1.165, 1.54) is 0 Å². The molecule has 0 unspecified atom stereocenters. The number of carbonyl (C=O) groups is 1. The van der Waals surface area contributed by atoms with Crippen molar-refractivity contribution < 1.29 is 4.79 Å². The first kappa shape index (κ1) is 17.7. The zero-order valence-corrected chi connectivity index (χ0v) is 15.2. The molecule has 0 aliphatic heterocycles. The van der Waals surface area contributed by atoms with E-state index in [1.54, 1.807) is 39.9 Å². The maximum Gasteiger partial charge on any atom is 0.330 e. The lowest BCUT2D eigenvalue weighted by Gasteiger charge is -2.06. The molecule has 0 aliphatic rings. The molecule has 0 radical (unpaired) electrons. The second-order valence-electron chi connectivity index (χ2n) is 6.34. The molecule has 1 amide bonds. The smallest absolute Gasteiger partial charge is 0.330 e. The number of benzene rings is 1. The molecule has 3 heterocycles. The van der Waals surface area contributed by atoms with Crippen molar-refractivity contribution in [3.63, 3.8) is 0 Å². The average Bonchev–Trinajstić information content (AvgIpc) is 3.01. The van der Waals surface area contributed by atoms with Crippen LogP contribution in [0.2, 0.25) is 0 Å². The number of aromatic nitrogens is 4. The van der Waals surface area contributed by atoms with Crippen LogP contribution in [0.4, 0.5) is 0 Å². The molecule has 4 rings (SSSR count). The quantitative estimate of drug-likeness (QED) is 0.561. The maximum atomic E-state index is 13.0. The highest BCUT2D eigenvalue weighted by molar-refractivity contribution is 5.93. The van der Waals surface area contributed by atoms with Gasteiger partial charge in [-0.3, -0.25) is 18.9 Å². The highest BCUT2D eigenvalue weighted by atomic mass is 16.2. The van der Waals surface area contributed by atoms with Crippen molar-refractivity contribution in [3.05, 3.63) is 94.8 Å². The van der Waals surface area contributed by atoms with Gasteiger partial charge in [-0.05, 0) is 29.8 Å². The van der Waals surface area contributed by atoms with Crippen LogP contribution < -0.4 is 11.0 Å². The third kappa shape index (κ3) is 3.55. The summed E-state index contributed by atoms with van der Waals surface area (Å²) in [5.41, 5.74) is 2.82. The number of nitrogens with one attached hydrogen (secondary N) is 1. The Bertz CT molecular complexity index is 1150. The molecule has 3 aromatic heterocycles. The number of pyridine rings is 2. The van der Waals surface area contributed by atoms with Gasteiger partial charge in [0.25, 0.3) is 5.91 Å². The molecule has 0 atom stereocenters. The first-order chi connectivity index (χ1) is 13.7. The molecule has 0 saturated carbocycles. The van der Waals surface area contributed by atoms with Crippen LogP contribution in [0.25, 0.3) is 11.2 Å². The molecule has 0 fully saturated rings. The van der Waals surface area contributed by atoms with Crippen molar-refractivity contribution in [3.8, 4) is 0 Å². The molecule has 0 aliphatic carbocycles. The van der Waals surface area contributed by atoms with E-state index >= 15 is 0 Å². The fourth-order valence-electron chi connectivity index (χ4n) is 3.15. The minimum Gasteiger partial charge on any atom is -0.350 e. The summed E-state index contributed by atoms with van der Waals surface area (Å²) in [5.74, 6) is -0.198. The van der Waals surface area contributed by atoms with Crippen molar-refractivity contribution in [1.82, 2.24) is 24.4 Å². The second-order valence-corrected chi connectivity index (χ2v) is 6.34. The first-order valence-corrected chi connectivity index (χ1v) is 9.00. The molecule has 28 heavy (non-hydrogen) atoms. The minimum absolute atomic E-state index is 0.143. The van der Waals surface area contributed by atoms with E-state index in [0.29, 0.717) is 30.8 Å². The number of hydrogen-bond donors (Lipinski definition) is 1. The van der Waals surface area contributed by atoms with Crippen molar-refractivity contribution in [2.75, 3.05) is 6.54 Å². The standard InChI is InChI=1S/C21H19N5O2/c27-20(17-8-11-22-12-9-17)24-13-14-25-19-18(7-4-10-23-19)26(21(25)28)15-16-5-2-1-3-6-16/h1-12H,13-15H2,(H,24,27). The van der Waals surface area contributed by atoms with Crippen molar-refractivity contribution >= 4 is 17.1 Å². The van der Waals surface area contributed by atoms with Crippen molar-refractivity contribution in [2.24, 2.45) is 0 Å². The first-order valence-electron chi connectivity index (χ1n) is 9.00. The van der Waals surface area contributed by atoms with Crippen LogP contribution >= 0.6 is 0 Å². The fourth-order valence-corrected chi connectivity index (χ4v) is 3.15. The minimum atomic E-state index is -0.198. The number of hydrogen-bond acceptors (Lipinski definition) is 4. The number of carbonyl (C=O) groups excluding carboxylic acids is 1. The molecule has 7 nitrogen and oxygen atoms in total. The van der Waals surface area contributed by atoms with E-state index in [0.717, 1.165) is 11.1 Å². The SMILES string of the molecule is O=C(NCCn1c(=O)n(Cc2ccccc2)c2cccnc21)c1ccncc1. The Morgan fingerprint density at radius 1 is 0.929 bits per heavy atom. The van der Waals surface area contributed by atoms with E-state index in [2.05, 4.69) is 15.3 Å².